The number of fused-ring (bicyclic) bond motifs is 1. The van der Waals surface area contributed by atoms with Gasteiger partial charge in [-0.25, -0.2) is 9.67 Å². The Morgan fingerprint density at radius 2 is 1.94 bits per heavy atom. The van der Waals surface area contributed by atoms with Crippen molar-refractivity contribution in [2.45, 2.75) is 13.1 Å². The second-order valence-corrected chi connectivity index (χ2v) is 6.68. The molecular weight excluding hydrogens is 402 g/mol. The molecule has 0 unspecified atom stereocenters. The van der Waals surface area contributed by atoms with Crippen molar-refractivity contribution in [3.05, 3.63) is 92.9 Å². The van der Waals surface area contributed by atoms with Crippen molar-refractivity contribution in [2.24, 2.45) is 0 Å². The minimum absolute atomic E-state index is 0.0129. The van der Waals surface area contributed by atoms with Crippen molar-refractivity contribution < 1.29 is 9.72 Å². The molecule has 1 aromatic carbocycles. The Labute approximate surface area is 175 Å². The Kier molecular flexibility index (Phi) is 5.47. The van der Waals surface area contributed by atoms with Crippen LogP contribution < -0.4 is 10.9 Å². The number of amides is 1. The average Bonchev–Trinajstić information content (AvgIpc) is 3.20. The van der Waals surface area contributed by atoms with E-state index in [-0.39, 0.29) is 23.7 Å². The van der Waals surface area contributed by atoms with Crippen molar-refractivity contribution in [1.29, 1.82) is 0 Å². The minimum Gasteiger partial charge on any atom is -0.349 e. The maximum atomic E-state index is 12.8. The highest BCUT2D eigenvalue weighted by Gasteiger charge is 2.12. The number of rotatable bonds is 7. The zero-order chi connectivity index (χ0) is 21.8. The normalized spacial score (nSPS) is 10.8. The molecule has 0 spiro atoms. The molecule has 0 aliphatic heterocycles. The van der Waals surface area contributed by atoms with E-state index in [0.29, 0.717) is 29.8 Å². The third-order valence-corrected chi connectivity index (χ3v) is 4.63. The summed E-state index contributed by atoms with van der Waals surface area (Å²) >= 11 is 0. The fraction of sp³-hybridized carbons (Fsp3) is 0.150. The molecule has 1 amide bonds. The zero-order valence-electron chi connectivity index (χ0n) is 16.2. The number of carbonyl (C=O) groups excluding carboxylic acids is 1. The van der Waals surface area contributed by atoms with Gasteiger partial charge >= 0.3 is 0 Å². The standard InChI is InChI=1S/C20H17N7O4/c28-19(17-3-1-2-8-21-17)22-9-10-26-18-16(11-24-26)20(29)25(13-23-18)12-14-4-6-15(7-5-14)27(30)31/h1-8,11,13H,9-10,12H2,(H,22,28). The largest absolute Gasteiger partial charge is 0.349 e. The summed E-state index contributed by atoms with van der Waals surface area (Å²) in [6.45, 7) is 0.853. The number of non-ortho nitro benzene ring substituents is 1. The van der Waals surface area contributed by atoms with Gasteiger partial charge in [0.25, 0.3) is 17.2 Å². The number of nitro groups is 1. The molecule has 3 heterocycles. The van der Waals surface area contributed by atoms with Crippen LogP contribution in [-0.2, 0) is 13.1 Å². The van der Waals surface area contributed by atoms with Crippen molar-refractivity contribution in [2.75, 3.05) is 6.54 Å². The number of pyridine rings is 1. The van der Waals surface area contributed by atoms with Gasteiger partial charge in [0.2, 0.25) is 0 Å². The average molecular weight is 419 g/mol. The van der Waals surface area contributed by atoms with E-state index in [1.165, 1.54) is 29.2 Å². The van der Waals surface area contributed by atoms with Gasteiger partial charge in [0.1, 0.15) is 17.4 Å². The first kappa shape index (κ1) is 19.9. The van der Waals surface area contributed by atoms with Crippen LogP contribution in [-0.4, -0.2) is 41.7 Å². The molecule has 31 heavy (non-hydrogen) atoms. The van der Waals surface area contributed by atoms with Gasteiger partial charge in [0, 0.05) is 24.9 Å². The van der Waals surface area contributed by atoms with E-state index in [2.05, 4.69) is 20.4 Å². The third-order valence-electron chi connectivity index (χ3n) is 4.63. The summed E-state index contributed by atoms with van der Waals surface area (Å²) < 4.78 is 2.96. The number of aromatic nitrogens is 5. The molecule has 0 saturated carbocycles. The summed E-state index contributed by atoms with van der Waals surface area (Å²) in [6, 6.07) is 11.1. The molecular formula is C20H17N7O4. The van der Waals surface area contributed by atoms with Gasteiger partial charge in [-0.2, -0.15) is 5.10 Å². The Morgan fingerprint density at radius 1 is 1.13 bits per heavy atom. The number of nitro benzene ring substituents is 1. The predicted molar refractivity (Wildman–Crippen MR) is 111 cm³/mol. The Morgan fingerprint density at radius 3 is 2.65 bits per heavy atom. The quantitative estimate of drug-likeness (QED) is 0.353. The topological polar surface area (TPSA) is 138 Å². The Balaban J connectivity index is 1.45. The number of hydrogen-bond acceptors (Lipinski definition) is 7. The first-order valence-corrected chi connectivity index (χ1v) is 9.36. The SMILES string of the molecule is O=C(NCCn1ncc2c(=O)n(Cc3ccc([N+](=O)[O-])cc3)cnc21)c1ccccn1. The van der Waals surface area contributed by atoms with Crippen molar-refractivity contribution in [1.82, 2.24) is 29.6 Å². The molecule has 0 aliphatic carbocycles. The second-order valence-electron chi connectivity index (χ2n) is 6.68. The van der Waals surface area contributed by atoms with Crippen LogP contribution in [0.3, 0.4) is 0 Å². The van der Waals surface area contributed by atoms with Crippen LogP contribution in [0.2, 0.25) is 0 Å². The Hall–Kier alpha value is -4.41. The monoisotopic (exact) mass is 419 g/mol. The van der Waals surface area contributed by atoms with Gasteiger partial charge in [-0.3, -0.25) is 29.3 Å². The lowest BCUT2D eigenvalue weighted by Crippen LogP contribution is -2.28. The lowest BCUT2D eigenvalue weighted by molar-refractivity contribution is -0.384. The van der Waals surface area contributed by atoms with Crippen LogP contribution in [0.25, 0.3) is 11.0 Å². The molecule has 0 aliphatic rings. The fourth-order valence-corrected chi connectivity index (χ4v) is 3.06. The molecule has 4 aromatic rings. The number of carbonyl (C=O) groups is 1. The molecule has 1 N–H and O–H groups in total. The van der Waals surface area contributed by atoms with Crippen LogP contribution in [0.4, 0.5) is 5.69 Å². The number of nitrogens with one attached hydrogen (secondary N) is 1. The maximum absolute atomic E-state index is 12.8. The maximum Gasteiger partial charge on any atom is 0.269 e. The van der Waals surface area contributed by atoms with Crippen LogP contribution in [0.5, 0.6) is 0 Å². The van der Waals surface area contributed by atoms with Crippen molar-refractivity contribution in [3.63, 3.8) is 0 Å². The van der Waals surface area contributed by atoms with E-state index in [1.54, 1.807) is 41.2 Å². The molecule has 0 bridgehead atoms. The number of hydrogen-bond donors (Lipinski definition) is 1. The predicted octanol–water partition coefficient (Wildman–Crippen LogP) is 1.37. The van der Waals surface area contributed by atoms with E-state index >= 15 is 0 Å². The summed E-state index contributed by atoms with van der Waals surface area (Å²) in [4.78, 5) is 43.4. The lowest BCUT2D eigenvalue weighted by atomic mass is 10.2. The van der Waals surface area contributed by atoms with Gasteiger partial charge in [0.15, 0.2) is 5.65 Å². The van der Waals surface area contributed by atoms with E-state index in [4.69, 9.17) is 0 Å². The highest BCUT2D eigenvalue weighted by Crippen LogP contribution is 2.13. The number of nitrogens with zero attached hydrogens (tertiary/aromatic N) is 6. The smallest absolute Gasteiger partial charge is 0.269 e. The summed E-state index contributed by atoms with van der Waals surface area (Å²) in [5.74, 6) is -0.296. The Bertz CT molecular complexity index is 1300. The number of benzene rings is 1. The molecule has 0 saturated heterocycles. The summed E-state index contributed by atoms with van der Waals surface area (Å²) in [7, 11) is 0. The molecule has 11 heteroatoms. The van der Waals surface area contributed by atoms with E-state index < -0.39 is 4.92 Å². The van der Waals surface area contributed by atoms with Crippen LogP contribution in [0, 0.1) is 10.1 Å². The highest BCUT2D eigenvalue weighted by molar-refractivity contribution is 5.92. The van der Waals surface area contributed by atoms with Crippen LogP contribution >= 0.6 is 0 Å². The molecule has 3 aromatic heterocycles. The molecule has 0 atom stereocenters. The van der Waals surface area contributed by atoms with Crippen molar-refractivity contribution in [3.8, 4) is 0 Å². The second kappa shape index (κ2) is 8.53. The van der Waals surface area contributed by atoms with Gasteiger partial charge in [0.05, 0.1) is 24.2 Å². The van der Waals surface area contributed by atoms with E-state index in [1.807, 2.05) is 0 Å². The van der Waals surface area contributed by atoms with Gasteiger partial charge in [-0.05, 0) is 17.7 Å². The van der Waals surface area contributed by atoms with Crippen LogP contribution in [0.15, 0.2) is 66.0 Å². The van der Waals surface area contributed by atoms with E-state index in [9.17, 15) is 19.7 Å². The first-order chi connectivity index (χ1) is 15.0. The lowest BCUT2D eigenvalue weighted by Gasteiger charge is -2.07. The van der Waals surface area contributed by atoms with E-state index in [0.717, 1.165) is 5.56 Å². The van der Waals surface area contributed by atoms with Crippen LogP contribution in [0.1, 0.15) is 16.1 Å². The summed E-state index contributed by atoms with van der Waals surface area (Å²) in [6.07, 6.45) is 4.40. The fourth-order valence-electron chi connectivity index (χ4n) is 3.06. The van der Waals surface area contributed by atoms with Gasteiger partial charge in [-0.15, -0.1) is 0 Å². The third kappa shape index (κ3) is 4.29. The van der Waals surface area contributed by atoms with Crippen molar-refractivity contribution >= 4 is 22.6 Å². The molecule has 0 radical (unpaired) electrons. The zero-order valence-corrected chi connectivity index (χ0v) is 16.2. The summed E-state index contributed by atoms with van der Waals surface area (Å²) in [5.41, 5.74) is 1.18. The first-order valence-electron chi connectivity index (χ1n) is 9.36. The summed E-state index contributed by atoms with van der Waals surface area (Å²) in [5, 5.41) is 18.1. The highest BCUT2D eigenvalue weighted by atomic mass is 16.6. The molecule has 0 fully saturated rings. The molecule has 156 valence electrons. The van der Waals surface area contributed by atoms with Gasteiger partial charge in [-0.1, -0.05) is 18.2 Å². The molecule has 11 nitrogen and oxygen atoms in total. The van der Waals surface area contributed by atoms with Gasteiger partial charge < -0.3 is 5.32 Å². The minimum atomic E-state index is -0.475. The molecule has 4 rings (SSSR count).